The minimum Gasteiger partial charge on any atom is -0.481 e. The number of fused-ring (bicyclic) bond motifs is 7. The van der Waals surface area contributed by atoms with E-state index in [-0.39, 0.29) is 45.5 Å². The first-order chi connectivity index (χ1) is 23.3. The summed E-state index contributed by atoms with van der Waals surface area (Å²) in [5.74, 6) is 0.667. The molecule has 6 rings (SSSR count). The highest BCUT2D eigenvalue weighted by molar-refractivity contribution is 6.00. The van der Waals surface area contributed by atoms with Crippen molar-refractivity contribution in [2.75, 3.05) is 6.54 Å². The average Bonchev–Trinajstić information content (AvgIpc) is 3.33. The molecule has 1 heterocycles. The number of carboxylic acids is 1. The Morgan fingerprint density at radius 2 is 1.72 bits per heavy atom. The number of carboxylic acid groups (broad SMARTS) is 1. The summed E-state index contributed by atoms with van der Waals surface area (Å²) in [7, 11) is 0. The lowest BCUT2D eigenvalue weighted by atomic mass is 9.33. The fourth-order valence-corrected chi connectivity index (χ4v) is 12.9. The number of ketones is 1. The molecule has 1 aromatic rings. The van der Waals surface area contributed by atoms with Gasteiger partial charge in [-0.2, -0.15) is 0 Å². The summed E-state index contributed by atoms with van der Waals surface area (Å²) < 4.78 is 6.17. The molecule has 4 saturated carbocycles. The molecule has 8 unspecified atom stereocenters. The summed E-state index contributed by atoms with van der Waals surface area (Å²) in [5, 5.41) is 13.3. The van der Waals surface area contributed by atoms with Crippen LogP contribution in [0.1, 0.15) is 139 Å². The number of nitrogens with one attached hydrogen (secondary N) is 1. The van der Waals surface area contributed by atoms with Crippen molar-refractivity contribution in [1.29, 1.82) is 0 Å². The molecule has 4 fully saturated rings. The van der Waals surface area contributed by atoms with Crippen molar-refractivity contribution >= 4 is 17.7 Å². The van der Waals surface area contributed by atoms with Crippen LogP contribution < -0.4 is 5.32 Å². The van der Waals surface area contributed by atoms with Crippen molar-refractivity contribution in [2.24, 2.45) is 56.2 Å². The molecule has 5 aliphatic rings. The summed E-state index contributed by atoms with van der Waals surface area (Å²) in [6, 6.07) is 6.05. The van der Waals surface area contributed by atoms with E-state index in [0.29, 0.717) is 30.0 Å². The zero-order valence-electron chi connectivity index (χ0n) is 32.4. The van der Waals surface area contributed by atoms with Crippen LogP contribution in [-0.2, 0) is 25.7 Å². The Morgan fingerprint density at radius 3 is 2.38 bits per heavy atom. The number of nitrogens with zero attached hydrogens (tertiary/aromatic N) is 1. The van der Waals surface area contributed by atoms with Crippen LogP contribution in [-0.4, -0.2) is 40.5 Å². The Labute approximate surface area is 301 Å². The Balaban J connectivity index is 1.24. The van der Waals surface area contributed by atoms with Gasteiger partial charge in [-0.3, -0.25) is 19.4 Å². The van der Waals surface area contributed by atoms with Gasteiger partial charge in [0.2, 0.25) is 0 Å². The third-order valence-corrected chi connectivity index (χ3v) is 15.8. The van der Waals surface area contributed by atoms with E-state index < -0.39 is 17.4 Å². The standard InChI is InChI=1S/C43H64N2O5/c1-27(2)35-30(46)24-43(21-23-44-26-28-12-10-11-22-45-28)20-19-41(8)29(36(35)43)13-14-32-40(7)17-16-33(50-34(47)25-38(3,4)37(48)49)39(5,6)31(40)15-18-42(32,41)9/h10-12,22,27,29,31-33,44H,13-21,23-26H2,1-9H3,(H,48,49). The van der Waals surface area contributed by atoms with Gasteiger partial charge in [0.1, 0.15) is 6.10 Å². The fourth-order valence-electron chi connectivity index (χ4n) is 12.9. The van der Waals surface area contributed by atoms with E-state index >= 15 is 0 Å². The summed E-state index contributed by atoms with van der Waals surface area (Å²) in [4.78, 5) is 43.2. The van der Waals surface area contributed by atoms with Crippen molar-refractivity contribution < 1.29 is 24.2 Å². The van der Waals surface area contributed by atoms with Crippen LogP contribution in [0.2, 0.25) is 0 Å². The van der Waals surface area contributed by atoms with E-state index in [0.717, 1.165) is 75.7 Å². The van der Waals surface area contributed by atoms with Gasteiger partial charge < -0.3 is 15.2 Å². The Bertz CT molecular complexity index is 1530. The number of pyridine rings is 1. The molecule has 0 radical (unpaired) electrons. The van der Waals surface area contributed by atoms with Gasteiger partial charge in [-0.05, 0) is 136 Å². The number of allylic oxidation sites excluding steroid dienone is 2. The lowest BCUT2D eigenvalue weighted by Gasteiger charge is -2.72. The number of rotatable bonds is 10. The van der Waals surface area contributed by atoms with Gasteiger partial charge in [0.05, 0.1) is 17.5 Å². The first kappa shape index (κ1) is 37.2. The number of ether oxygens (including phenoxy) is 1. The molecule has 7 heteroatoms. The highest BCUT2D eigenvalue weighted by Crippen LogP contribution is 2.77. The molecule has 0 spiro atoms. The van der Waals surface area contributed by atoms with Crippen LogP contribution in [0, 0.1) is 56.2 Å². The highest BCUT2D eigenvalue weighted by atomic mass is 16.5. The third-order valence-electron chi connectivity index (χ3n) is 15.8. The minimum absolute atomic E-state index is 0.0403. The normalized spacial score (nSPS) is 37.8. The second-order valence-corrected chi connectivity index (χ2v) is 19.4. The van der Waals surface area contributed by atoms with Gasteiger partial charge in [0.15, 0.2) is 5.78 Å². The third kappa shape index (κ3) is 5.80. The van der Waals surface area contributed by atoms with Crippen LogP contribution in [0.25, 0.3) is 0 Å². The zero-order valence-corrected chi connectivity index (χ0v) is 32.4. The van der Waals surface area contributed by atoms with E-state index in [1.165, 1.54) is 12.0 Å². The molecule has 0 aliphatic heterocycles. The smallest absolute Gasteiger partial charge is 0.309 e. The largest absolute Gasteiger partial charge is 0.481 e. The van der Waals surface area contributed by atoms with Crippen molar-refractivity contribution in [2.45, 2.75) is 146 Å². The van der Waals surface area contributed by atoms with Gasteiger partial charge in [-0.25, -0.2) is 0 Å². The zero-order chi connectivity index (χ0) is 36.5. The van der Waals surface area contributed by atoms with E-state index in [1.54, 1.807) is 13.8 Å². The van der Waals surface area contributed by atoms with Crippen molar-refractivity contribution in [1.82, 2.24) is 10.3 Å². The molecule has 8 atom stereocenters. The predicted molar refractivity (Wildman–Crippen MR) is 196 cm³/mol. The topological polar surface area (TPSA) is 106 Å². The number of hydrogen-bond acceptors (Lipinski definition) is 6. The first-order valence-electron chi connectivity index (χ1n) is 19.6. The van der Waals surface area contributed by atoms with Crippen molar-refractivity contribution in [3.63, 3.8) is 0 Å². The van der Waals surface area contributed by atoms with E-state index in [2.05, 4.69) is 64.8 Å². The van der Waals surface area contributed by atoms with Gasteiger partial charge in [0.25, 0.3) is 0 Å². The molecular formula is C43H64N2O5. The Hall–Kier alpha value is -2.54. The van der Waals surface area contributed by atoms with E-state index in [4.69, 9.17) is 4.74 Å². The molecule has 5 aliphatic carbocycles. The van der Waals surface area contributed by atoms with E-state index in [1.807, 2.05) is 18.3 Å². The fraction of sp³-hybridized carbons (Fsp3) is 0.767. The maximum absolute atomic E-state index is 14.0. The van der Waals surface area contributed by atoms with Crippen LogP contribution >= 0.6 is 0 Å². The molecule has 2 N–H and O–H groups in total. The molecule has 7 nitrogen and oxygen atoms in total. The van der Waals surface area contributed by atoms with Crippen molar-refractivity contribution in [3.8, 4) is 0 Å². The molecule has 0 saturated heterocycles. The lowest BCUT2D eigenvalue weighted by molar-refractivity contribution is -0.233. The molecule has 50 heavy (non-hydrogen) atoms. The highest BCUT2D eigenvalue weighted by Gasteiger charge is 2.70. The van der Waals surface area contributed by atoms with Gasteiger partial charge in [-0.1, -0.05) is 60.1 Å². The van der Waals surface area contributed by atoms with Crippen LogP contribution in [0.15, 0.2) is 35.5 Å². The summed E-state index contributed by atoms with van der Waals surface area (Å²) in [6.07, 6.45) is 11.9. The molecule has 0 aromatic carbocycles. The van der Waals surface area contributed by atoms with Crippen molar-refractivity contribution in [3.05, 3.63) is 41.2 Å². The maximum Gasteiger partial charge on any atom is 0.309 e. The average molecular weight is 689 g/mol. The van der Waals surface area contributed by atoms with Crippen LogP contribution in [0.5, 0.6) is 0 Å². The number of aliphatic carboxylic acids is 1. The molecule has 0 bridgehead atoms. The monoisotopic (exact) mass is 688 g/mol. The van der Waals surface area contributed by atoms with Crippen LogP contribution in [0.3, 0.4) is 0 Å². The lowest BCUT2D eigenvalue weighted by Crippen LogP contribution is -2.65. The van der Waals surface area contributed by atoms with Gasteiger partial charge in [0, 0.05) is 30.0 Å². The molecule has 0 amide bonds. The molecule has 276 valence electrons. The van der Waals surface area contributed by atoms with E-state index in [9.17, 15) is 19.5 Å². The summed E-state index contributed by atoms with van der Waals surface area (Å²) in [6.45, 7) is 21.7. The first-order valence-corrected chi connectivity index (χ1v) is 19.6. The second kappa shape index (κ2) is 12.8. The summed E-state index contributed by atoms with van der Waals surface area (Å²) >= 11 is 0. The number of carbonyl (C=O) groups is 3. The number of esters is 1. The number of hydrogen-bond donors (Lipinski definition) is 2. The number of Topliss-reactive ketones (excluding diaryl/α,β-unsaturated/α-hetero) is 1. The molecule has 1 aromatic heterocycles. The van der Waals surface area contributed by atoms with Gasteiger partial charge >= 0.3 is 11.9 Å². The maximum atomic E-state index is 14.0. The van der Waals surface area contributed by atoms with Gasteiger partial charge in [-0.15, -0.1) is 0 Å². The quantitative estimate of drug-likeness (QED) is 0.187. The number of carbonyl (C=O) groups excluding carboxylic acids is 2. The Morgan fingerprint density at radius 1 is 0.980 bits per heavy atom. The second-order valence-electron chi connectivity index (χ2n) is 19.4. The number of aromatic nitrogens is 1. The van der Waals surface area contributed by atoms with Crippen LogP contribution in [0.4, 0.5) is 0 Å². The molecular weight excluding hydrogens is 624 g/mol. The SMILES string of the molecule is CC(C)C1=C2C3CCC4C5(C)CCC(OC(=O)CC(C)(C)C(=O)O)C(C)(C)C5CCC4(C)C3(C)CCC2(CCNCc2ccccn2)CC1=O. The predicted octanol–water partition coefficient (Wildman–Crippen LogP) is 8.95. The minimum atomic E-state index is -1.15. The Kier molecular flexibility index (Phi) is 9.56. The summed E-state index contributed by atoms with van der Waals surface area (Å²) in [5.41, 5.74) is 2.74.